The Kier molecular flexibility index (Phi) is 3.71. The molecule has 1 aromatic carbocycles. The SMILES string of the molecule is COC(=O)c1cc(C(F)(F)F)c(Br)c(C)c1N. The van der Waals surface area contributed by atoms with Crippen molar-refractivity contribution in [2.75, 3.05) is 12.8 Å². The van der Waals surface area contributed by atoms with Gasteiger partial charge in [0.2, 0.25) is 0 Å². The van der Waals surface area contributed by atoms with Gasteiger partial charge < -0.3 is 10.5 Å². The largest absolute Gasteiger partial charge is 0.465 e. The topological polar surface area (TPSA) is 52.3 Å². The molecule has 0 aliphatic rings. The number of hydrogen-bond donors (Lipinski definition) is 1. The minimum absolute atomic E-state index is 0.0308. The van der Waals surface area contributed by atoms with Gasteiger partial charge in [0.05, 0.1) is 23.9 Å². The molecule has 3 nitrogen and oxygen atoms in total. The van der Waals surface area contributed by atoms with Gasteiger partial charge >= 0.3 is 12.1 Å². The van der Waals surface area contributed by atoms with Gasteiger partial charge in [-0.15, -0.1) is 0 Å². The lowest BCUT2D eigenvalue weighted by atomic mass is 10.0. The van der Waals surface area contributed by atoms with Crippen LogP contribution < -0.4 is 5.73 Å². The van der Waals surface area contributed by atoms with Crippen molar-refractivity contribution in [1.29, 1.82) is 0 Å². The van der Waals surface area contributed by atoms with E-state index in [0.29, 0.717) is 6.07 Å². The number of rotatable bonds is 1. The maximum absolute atomic E-state index is 12.7. The Hall–Kier alpha value is -1.24. The average molecular weight is 312 g/mol. The number of hydrogen-bond acceptors (Lipinski definition) is 3. The molecule has 0 saturated heterocycles. The molecule has 7 heteroatoms. The summed E-state index contributed by atoms with van der Waals surface area (Å²) in [5, 5.41) is 0. The maximum Gasteiger partial charge on any atom is 0.417 e. The minimum Gasteiger partial charge on any atom is -0.465 e. The molecule has 0 radical (unpaired) electrons. The zero-order valence-electron chi connectivity index (χ0n) is 8.98. The smallest absolute Gasteiger partial charge is 0.417 e. The molecule has 94 valence electrons. The maximum atomic E-state index is 12.7. The van der Waals surface area contributed by atoms with Crippen molar-refractivity contribution < 1.29 is 22.7 Å². The molecule has 0 aromatic heterocycles. The standard InChI is InChI=1S/C10H9BrF3NO2/c1-4-7(11)6(10(12,13)14)3-5(8(4)15)9(16)17-2/h3H,15H2,1-2H3. The van der Waals surface area contributed by atoms with E-state index in [9.17, 15) is 18.0 Å². The lowest BCUT2D eigenvalue weighted by Crippen LogP contribution is -2.13. The Morgan fingerprint density at radius 3 is 2.41 bits per heavy atom. The third kappa shape index (κ3) is 2.54. The van der Waals surface area contributed by atoms with Crippen molar-refractivity contribution in [3.05, 3.63) is 27.2 Å². The van der Waals surface area contributed by atoms with Crippen LogP contribution in [0.3, 0.4) is 0 Å². The fourth-order valence-electron chi connectivity index (χ4n) is 1.29. The second kappa shape index (κ2) is 4.56. The van der Waals surface area contributed by atoms with Crippen molar-refractivity contribution in [2.24, 2.45) is 0 Å². The number of carbonyl (C=O) groups is 1. The number of ether oxygens (including phenoxy) is 1. The first-order valence-electron chi connectivity index (χ1n) is 4.44. The van der Waals surface area contributed by atoms with Crippen LogP contribution in [-0.2, 0) is 10.9 Å². The number of halogens is 4. The highest BCUT2D eigenvalue weighted by molar-refractivity contribution is 9.10. The predicted molar refractivity (Wildman–Crippen MR) is 59.6 cm³/mol. The van der Waals surface area contributed by atoms with Gasteiger partial charge in [-0.25, -0.2) is 4.79 Å². The highest BCUT2D eigenvalue weighted by atomic mass is 79.9. The summed E-state index contributed by atoms with van der Waals surface area (Å²) in [7, 11) is 1.08. The van der Waals surface area contributed by atoms with Crippen molar-refractivity contribution in [3.63, 3.8) is 0 Å². The number of methoxy groups -OCH3 is 1. The van der Waals surface area contributed by atoms with Crippen LogP contribution in [0.5, 0.6) is 0 Å². The third-order valence-corrected chi connectivity index (χ3v) is 3.28. The number of carbonyl (C=O) groups excluding carboxylic acids is 1. The molecule has 2 N–H and O–H groups in total. The van der Waals surface area contributed by atoms with Crippen molar-refractivity contribution in [3.8, 4) is 0 Å². The second-order valence-corrected chi connectivity index (χ2v) is 4.11. The molecule has 0 aliphatic heterocycles. The Morgan fingerprint density at radius 2 is 2.00 bits per heavy atom. The van der Waals surface area contributed by atoms with Gasteiger partial charge in [0.25, 0.3) is 0 Å². The first-order chi connectivity index (χ1) is 7.70. The number of benzene rings is 1. The predicted octanol–water partition coefficient (Wildman–Crippen LogP) is 3.15. The second-order valence-electron chi connectivity index (χ2n) is 3.31. The molecule has 0 heterocycles. The average Bonchev–Trinajstić information content (AvgIpc) is 2.23. The minimum atomic E-state index is -4.57. The monoisotopic (exact) mass is 311 g/mol. The third-order valence-electron chi connectivity index (χ3n) is 2.26. The van der Waals surface area contributed by atoms with Crippen LogP contribution >= 0.6 is 15.9 Å². The van der Waals surface area contributed by atoms with E-state index < -0.39 is 17.7 Å². The molecule has 0 spiro atoms. The fourth-order valence-corrected chi connectivity index (χ4v) is 1.85. The van der Waals surface area contributed by atoms with Crippen LogP contribution in [0.4, 0.5) is 18.9 Å². The van der Waals surface area contributed by atoms with Crippen LogP contribution in [0.15, 0.2) is 10.5 Å². The molecular weight excluding hydrogens is 303 g/mol. The van der Waals surface area contributed by atoms with Crippen molar-refractivity contribution >= 4 is 27.6 Å². The van der Waals surface area contributed by atoms with Crippen LogP contribution in [0.2, 0.25) is 0 Å². The highest BCUT2D eigenvalue weighted by Crippen LogP contribution is 2.39. The van der Waals surface area contributed by atoms with E-state index in [1.54, 1.807) is 0 Å². The first-order valence-corrected chi connectivity index (χ1v) is 5.23. The van der Waals surface area contributed by atoms with Gasteiger partial charge in [0.15, 0.2) is 0 Å². The van der Waals surface area contributed by atoms with Crippen molar-refractivity contribution in [1.82, 2.24) is 0 Å². The van der Waals surface area contributed by atoms with Gasteiger partial charge in [0.1, 0.15) is 0 Å². The van der Waals surface area contributed by atoms with E-state index in [2.05, 4.69) is 20.7 Å². The summed E-state index contributed by atoms with van der Waals surface area (Å²) >= 11 is 2.82. The lowest BCUT2D eigenvalue weighted by molar-refractivity contribution is -0.138. The molecule has 0 bridgehead atoms. The van der Waals surface area contributed by atoms with Gasteiger partial charge in [-0.05, 0) is 34.5 Å². The number of esters is 1. The Labute approximate surface area is 104 Å². The molecule has 17 heavy (non-hydrogen) atoms. The Bertz CT molecular complexity index is 472. The van der Waals surface area contributed by atoms with Crippen LogP contribution in [0.1, 0.15) is 21.5 Å². The summed E-state index contributed by atoms with van der Waals surface area (Å²) in [5.41, 5.74) is 4.45. The summed E-state index contributed by atoms with van der Waals surface area (Å²) in [6, 6.07) is 0.679. The molecule has 1 aromatic rings. The molecule has 0 fully saturated rings. The summed E-state index contributed by atoms with van der Waals surface area (Å²) < 4.78 is 42.3. The van der Waals surface area contributed by atoms with E-state index in [4.69, 9.17) is 5.73 Å². The summed E-state index contributed by atoms with van der Waals surface area (Å²) in [6.07, 6.45) is -4.57. The summed E-state index contributed by atoms with van der Waals surface area (Å²) in [5.74, 6) is -0.899. The van der Waals surface area contributed by atoms with Crippen LogP contribution in [0, 0.1) is 6.92 Å². The van der Waals surface area contributed by atoms with E-state index in [0.717, 1.165) is 7.11 Å². The lowest BCUT2D eigenvalue weighted by Gasteiger charge is -2.15. The summed E-state index contributed by atoms with van der Waals surface area (Å²) in [6.45, 7) is 1.39. The molecule has 1 rings (SSSR count). The molecule has 0 aliphatic carbocycles. The molecule has 0 atom stereocenters. The van der Waals surface area contributed by atoms with Gasteiger partial charge in [0, 0.05) is 4.47 Å². The van der Waals surface area contributed by atoms with Gasteiger partial charge in [-0.3, -0.25) is 0 Å². The van der Waals surface area contributed by atoms with Crippen molar-refractivity contribution in [2.45, 2.75) is 13.1 Å². The van der Waals surface area contributed by atoms with E-state index >= 15 is 0 Å². The zero-order chi connectivity index (χ0) is 13.4. The Balaban J connectivity index is 3.56. The van der Waals surface area contributed by atoms with Gasteiger partial charge in [-0.1, -0.05) is 0 Å². The normalized spacial score (nSPS) is 11.4. The summed E-state index contributed by atoms with van der Waals surface area (Å²) in [4.78, 5) is 11.3. The number of nitrogens with two attached hydrogens (primary N) is 1. The molecular formula is C10H9BrF3NO2. The number of anilines is 1. The number of nitrogen functional groups attached to an aromatic ring is 1. The highest BCUT2D eigenvalue weighted by Gasteiger charge is 2.35. The quantitative estimate of drug-likeness (QED) is 0.640. The van der Waals surface area contributed by atoms with E-state index in [-0.39, 0.29) is 21.3 Å². The zero-order valence-corrected chi connectivity index (χ0v) is 10.6. The fraction of sp³-hybridized carbons (Fsp3) is 0.300. The van der Waals surface area contributed by atoms with Crippen LogP contribution in [0.25, 0.3) is 0 Å². The molecule has 0 amide bonds. The molecule has 0 unspecified atom stereocenters. The van der Waals surface area contributed by atoms with Crippen LogP contribution in [-0.4, -0.2) is 13.1 Å². The van der Waals surface area contributed by atoms with Gasteiger partial charge in [-0.2, -0.15) is 13.2 Å². The van der Waals surface area contributed by atoms with E-state index in [1.165, 1.54) is 6.92 Å². The number of alkyl halides is 3. The first kappa shape index (κ1) is 13.8. The van der Waals surface area contributed by atoms with E-state index in [1.807, 2.05) is 0 Å². The Morgan fingerprint density at radius 1 is 1.47 bits per heavy atom. The molecule has 0 saturated carbocycles.